The first-order chi connectivity index (χ1) is 10.3. The monoisotopic (exact) mass is 289 g/mol. The van der Waals surface area contributed by atoms with Gasteiger partial charge in [0.15, 0.2) is 0 Å². The third-order valence-corrected chi connectivity index (χ3v) is 4.33. The lowest BCUT2D eigenvalue weighted by Gasteiger charge is -2.19. The second-order valence-corrected chi connectivity index (χ2v) is 5.94. The summed E-state index contributed by atoms with van der Waals surface area (Å²) in [7, 11) is 1.43. The van der Waals surface area contributed by atoms with Crippen LogP contribution in [0.4, 0.5) is 0 Å². The number of nitrogens with one attached hydrogen (secondary N) is 1. The lowest BCUT2D eigenvalue weighted by molar-refractivity contribution is -0.143. The molecule has 1 aliphatic heterocycles. The van der Waals surface area contributed by atoms with Crippen LogP contribution in [0.1, 0.15) is 48.8 Å². The fourth-order valence-electron chi connectivity index (χ4n) is 2.89. The highest BCUT2D eigenvalue weighted by atomic mass is 16.5. The SMILES string of the molecule is COC(=O)C(NCC1CCCO1)c1ccc(C2CC2)cc1. The average Bonchev–Trinajstić information content (AvgIpc) is 3.24. The third-order valence-electron chi connectivity index (χ3n) is 4.33. The summed E-state index contributed by atoms with van der Waals surface area (Å²) >= 11 is 0. The zero-order valence-electron chi connectivity index (χ0n) is 12.5. The molecular formula is C17H23NO3. The number of hydrogen-bond acceptors (Lipinski definition) is 4. The van der Waals surface area contributed by atoms with Crippen molar-refractivity contribution in [3.05, 3.63) is 35.4 Å². The number of ether oxygens (including phenoxy) is 2. The molecule has 0 amide bonds. The molecule has 1 heterocycles. The van der Waals surface area contributed by atoms with E-state index in [4.69, 9.17) is 9.47 Å². The second-order valence-electron chi connectivity index (χ2n) is 5.94. The Kier molecular flexibility index (Phi) is 4.56. The predicted octanol–water partition coefficient (Wildman–Crippen LogP) is 2.55. The number of methoxy groups -OCH3 is 1. The molecule has 1 saturated carbocycles. The minimum atomic E-state index is -0.410. The zero-order chi connectivity index (χ0) is 14.7. The number of carbonyl (C=O) groups is 1. The molecule has 1 N–H and O–H groups in total. The van der Waals surface area contributed by atoms with Crippen molar-refractivity contribution in [2.75, 3.05) is 20.3 Å². The summed E-state index contributed by atoms with van der Waals surface area (Å²) in [4.78, 5) is 12.0. The number of benzene rings is 1. The van der Waals surface area contributed by atoms with Gasteiger partial charge in [0.2, 0.25) is 0 Å². The van der Waals surface area contributed by atoms with Crippen molar-refractivity contribution >= 4 is 5.97 Å². The van der Waals surface area contributed by atoms with E-state index in [9.17, 15) is 4.79 Å². The van der Waals surface area contributed by atoms with Crippen LogP contribution in [-0.4, -0.2) is 32.3 Å². The molecule has 3 rings (SSSR count). The Bertz CT molecular complexity index is 475. The molecule has 0 radical (unpaired) electrons. The summed E-state index contributed by atoms with van der Waals surface area (Å²) in [5, 5.41) is 3.29. The van der Waals surface area contributed by atoms with Gasteiger partial charge in [0.1, 0.15) is 6.04 Å². The van der Waals surface area contributed by atoms with Gasteiger partial charge in [-0.25, -0.2) is 4.79 Å². The number of hydrogen-bond donors (Lipinski definition) is 1. The molecule has 2 aliphatic rings. The standard InChI is InChI=1S/C17H23NO3/c1-20-17(19)16(18-11-15-3-2-10-21-15)14-8-6-13(7-9-14)12-4-5-12/h6-9,12,15-16,18H,2-5,10-11H2,1H3. The van der Waals surface area contributed by atoms with E-state index in [0.29, 0.717) is 6.54 Å². The molecule has 21 heavy (non-hydrogen) atoms. The highest BCUT2D eigenvalue weighted by Crippen LogP contribution is 2.40. The Hall–Kier alpha value is -1.39. The van der Waals surface area contributed by atoms with Gasteiger partial charge < -0.3 is 9.47 Å². The van der Waals surface area contributed by atoms with Gasteiger partial charge in [-0.2, -0.15) is 0 Å². The molecule has 2 atom stereocenters. The van der Waals surface area contributed by atoms with E-state index in [0.717, 1.165) is 30.9 Å². The van der Waals surface area contributed by atoms with Crippen LogP contribution < -0.4 is 5.32 Å². The van der Waals surface area contributed by atoms with Crippen LogP contribution in [-0.2, 0) is 14.3 Å². The normalized spacial score (nSPS) is 23.0. The molecule has 1 aliphatic carbocycles. The molecule has 2 fully saturated rings. The first-order valence-corrected chi connectivity index (χ1v) is 7.80. The van der Waals surface area contributed by atoms with E-state index in [1.54, 1.807) is 0 Å². The van der Waals surface area contributed by atoms with Crippen molar-refractivity contribution in [1.29, 1.82) is 0 Å². The number of rotatable bonds is 6. The topological polar surface area (TPSA) is 47.6 Å². The maximum Gasteiger partial charge on any atom is 0.327 e. The highest BCUT2D eigenvalue weighted by Gasteiger charge is 2.26. The molecule has 114 valence electrons. The average molecular weight is 289 g/mol. The lowest BCUT2D eigenvalue weighted by atomic mass is 10.0. The molecule has 1 saturated heterocycles. The van der Waals surface area contributed by atoms with Crippen LogP contribution in [0.15, 0.2) is 24.3 Å². The Labute approximate surface area is 125 Å². The van der Waals surface area contributed by atoms with Crippen LogP contribution >= 0.6 is 0 Å². The molecule has 2 unspecified atom stereocenters. The fraction of sp³-hybridized carbons (Fsp3) is 0.588. The predicted molar refractivity (Wildman–Crippen MR) is 80.2 cm³/mol. The van der Waals surface area contributed by atoms with Crippen LogP contribution in [0.5, 0.6) is 0 Å². The Morgan fingerprint density at radius 3 is 2.67 bits per heavy atom. The summed E-state index contributed by atoms with van der Waals surface area (Å²) < 4.78 is 10.5. The molecule has 0 aromatic heterocycles. The first-order valence-electron chi connectivity index (χ1n) is 7.80. The molecular weight excluding hydrogens is 266 g/mol. The minimum Gasteiger partial charge on any atom is -0.468 e. The summed E-state index contributed by atoms with van der Waals surface area (Å²) in [6.45, 7) is 1.51. The summed E-state index contributed by atoms with van der Waals surface area (Å²) in [5.41, 5.74) is 2.34. The number of carbonyl (C=O) groups excluding carboxylic acids is 1. The van der Waals surface area contributed by atoms with Gasteiger partial charge in [0, 0.05) is 13.2 Å². The molecule has 1 aromatic rings. The van der Waals surface area contributed by atoms with E-state index in [1.807, 2.05) is 12.1 Å². The molecule has 4 nitrogen and oxygen atoms in total. The van der Waals surface area contributed by atoms with Crippen LogP contribution in [0.25, 0.3) is 0 Å². The van der Waals surface area contributed by atoms with Crippen molar-refractivity contribution in [1.82, 2.24) is 5.32 Å². The van der Waals surface area contributed by atoms with Gasteiger partial charge in [0.25, 0.3) is 0 Å². The first kappa shape index (κ1) is 14.5. The van der Waals surface area contributed by atoms with E-state index in [1.165, 1.54) is 25.5 Å². The molecule has 0 bridgehead atoms. The summed E-state index contributed by atoms with van der Waals surface area (Å²) in [6.07, 6.45) is 4.95. The summed E-state index contributed by atoms with van der Waals surface area (Å²) in [6, 6.07) is 7.94. The van der Waals surface area contributed by atoms with E-state index < -0.39 is 6.04 Å². The maximum atomic E-state index is 12.0. The fourth-order valence-corrected chi connectivity index (χ4v) is 2.89. The zero-order valence-corrected chi connectivity index (χ0v) is 12.5. The quantitative estimate of drug-likeness (QED) is 0.818. The van der Waals surface area contributed by atoms with Gasteiger partial charge in [0.05, 0.1) is 13.2 Å². The Morgan fingerprint density at radius 2 is 2.10 bits per heavy atom. The van der Waals surface area contributed by atoms with Crippen molar-refractivity contribution in [3.63, 3.8) is 0 Å². The van der Waals surface area contributed by atoms with Crippen LogP contribution in [0.2, 0.25) is 0 Å². The smallest absolute Gasteiger partial charge is 0.327 e. The minimum absolute atomic E-state index is 0.211. The van der Waals surface area contributed by atoms with Crippen LogP contribution in [0, 0.1) is 0 Å². The summed E-state index contributed by atoms with van der Waals surface area (Å²) in [5.74, 6) is 0.489. The van der Waals surface area contributed by atoms with E-state index in [2.05, 4.69) is 17.4 Å². The third kappa shape index (κ3) is 3.63. The van der Waals surface area contributed by atoms with E-state index in [-0.39, 0.29) is 12.1 Å². The molecule has 4 heteroatoms. The van der Waals surface area contributed by atoms with Crippen LogP contribution in [0.3, 0.4) is 0 Å². The van der Waals surface area contributed by atoms with Crippen molar-refractivity contribution in [2.45, 2.75) is 43.7 Å². The molecule has 0 spiro atoms. The van der Waals surface area contributed by atoms with Crippen molar-refractivity contribution in [3.8, 4) is 0 Å². The van der Waals surface area contributed by atoms with Gasteiger partial charge in [-0.3, -0.25) is 5.32 Å². The maximum absolute atomic E-state index is 12.0. The lowest BCUT2D eigenvalue weighted by Crippen LogP contribution is -2.35. The number of esters is 1. The molecule has 1 aromatic carbocycles. The Balaban J connectivity index is 1.66. The second kappa shape index (κ2) is 6.58. The van der Waals surface area contributed by atoms with Crippen molar-refractivity contribution in [2.24, 2.45) is 0 Å². The van der Waals surface area contributed by atoms with Gasteiger partial charge >= 0.3 is 5.97 Å². The largest absolute Gasteiger partial charge is 0.468 e. The highest BCUT2D eigenvalue weighted by molar-refractivity contribution is 5.77. The van der Waals surface area contributed by atoms with Crippen molar-refractivity contribution < 1.29 is 14.3 Å². The Morgan fingerprint density at radius 1 is 1.33 bits per heavy atom. The van der Waals surface area contributed by atoms with Gasteiger partial charge in [-0.05, 0) is 42.7 Å². The van der Waals surface area contributed by atoms with Gasteiger partial charge in [-0.15, -0.1) is 0 Å². The van der Waals surface area contributed by atoms with Gasteiger partial charge in [-0.1, -0.05) is 24.3 Å². The van der Waals surface area contributed by atoms with E-state index >= 15 is 0 Å².